The summed E-state index contributed by atoms with van der Waals surface area (Å²) in [6.07, 6.45) is 3.07. The van der Waals surface area contributed by atoms with Gasteiger partial charge in [-0.2, -0.15) is 0 Å². The van der Waals surface area contributed by atoms with E-state index in [1.165, 1.54) is 12.3 Å². The molecule has 0 spiro atoms. The monoisotopic (exact) mass is 371 g/mol. The molecular weight excluding hydrogens is 354 g/mol. The van der Waals surface area contributed by atoms with Crippen LogP contribution in [-0.4, -0.2) is 15.9 Å². The molecule has 2 aromatic carbocycles. The van der Waals surface area contributed by atoms with Crippen LogP contribution in [-0.2, 0) is 6.61 Å². The number of aromatic amines is 1. The highest BCUT2D eigenvalue weighted by Crippen LogP contribution is 2.21. The summed E-state index contributed by atoms with van der Waals surface area (Å²) in [6.45, 7) is 0.275. The van der Waals surface area contributed by atoms with Crippen LogP contribution in [0.2, 0.25) is 0 Å². The average Bonchev–Trinajstić information content (AvgIpc) is 2.74. The van der Waals surface area contributed by atoms with Gasteiger partial charge in [-0.25, -0.2) is 0 Å². The summed E-state index contributed by atoms with van der Waals surface area (Å²) < 4.78 is 5.55. The van der Waals surface area contributed by atoms with Crippen molar-refractivity contribution in [2.24, 2.45) is 0 Å². The van der Waals surface area contributed by atoms with Crippen molar-refractivity contribution in [2.75, 3.05) is 5.32 Å². The van der Waals surface area contributed by atoms with Crippen molar-refractivity contribution in [3.05, 3.63) is 101 Å². The van der Waals surface area contributed by atoms with Gasteiger partial charge >= 0.3 is 0 Å². The zero-order valence-corrected chi connectivity index (χ0v) is 14.9. The predicted molar refractivity (Wildman–Crippen MR) is 108 cm³/mol. The Morgan fingerprint density at radius 2 is 1.86 bits per heavy atom. The molecule has 0 saturated heterocycles. The van der Waals surface area contributed by atoms with E-state index in [2.05, 4.69) is 15.3 Å². The van der Waals surface area contributed by atoms with Gasteiger partial charge in [-0.3, -0.25) is 14.6 Å². The molecule has 2 N–H and O–H groups in total. The van der Waals surface area contributed by atoms with Gasteiger partial charge in [0.05, 0.1) is 11.2 Å². The number of rotatable bonds is 5. The van der Waals surface area contributed by atoms with Crippen LogP contribution in [0.15, 0.2) is 83.9 Å². The number of ether oxygens (including phenoxy) is 1. The first-order valence-corrected chi connectivity index (χ1v) is 8.75. The lowest BCUT2D eigenvalue weighted by atomic mass is 10.2. The first kappa shape index (κ1) is 17.5. The van der Waals surface area contributed by atoms with Gasteiger partial charge in [-0.05, 0) is 17.7 Å². The molecular formula is C22H17N3O3. The Labute approximate surface area is 160 Å². The third-order valence-electron chi connectivity index (χ3n) is 4.24. The number of H-pyrrole nitrogens is 1. The Hall–Kier alpha value is -3.93. The number of carbonyl (C=O) groups is 1. The number of hydrogen-bond donors (Lipinski definition) is 2. The van der Waals surface area contributed by atoms with E-state index < -0.39 is 5.91 Å². The molecule has 2 heterocycles. The van der Waals surface area contributed by atoms with E-state index in [0.717, 1.165) is 10.9 Å². The molecule has 0 aliphatic rings. The lowest BCUT2D eigenvalue weighted by Crippen LogP contribution is -2.18. The first-order chi connectivity index (χ1) is 13.7. The summed E-state index contributed by atoms with van der Waals surface area (Å²) in [5.74, 6) is -0.267. The zero-order valence-electron chi connectivity index (χ0n) is 14.9. The molecule has 0 radical (unpaired) electrons. The molecule has 6 heteroatoms. The van der Waals surface area contributed by atoms with Gasteiger partial charge in [0.25, 0.3) is 5.91 Å². The molecule has 2 aromatic heterocycles. The van der Waals surface area contributed by atoms with Gasteiger partial charge in [0.1, 0.15) is 12.3 Å². The molecule has 0 saturated carbocycles. The number of amides is 1. The fraction of sp³-hybridized carbons (Fsp3) is 0.0455. The van der Waals surface area contributed by atoms with E-state index in [-0.39, 0.29) is 23.5 Å². The topological polar surface area (TPSA) is 84.1 Å². The molecule has 0 atom stereocenters. The molecule has 138 valence electrons. The van der Waals surface area contributed by atoms with Gasteiger partial charge in [0.15, 0.2) is 5.75 Å². The normalized spacial score (nSPS) is 10.6. The number of hydrogen-bond acceptors (Lipinski definition) is 4. The van der Waals surface area contributed by atoms with Crippen molar-refractivity contribution < 1.29 is 9.53 Å². The fourth-order valence-electron chi connectivity index (χ4n) is 2.83. The maximum atomic E-state index is 12.6. The van der Waals surface area contributed by atoms with Crippen molar-refractivity contribution in [3.8, 4) is 5.75 Å². The summed E-state index contributed by atoms with van der Waals surface area (Å²) in [6, 6.07) is 20.0. The number of anilines is 1. The fourth-order valence-corrected chi connectivity index (χ4v) is 2.83. The summed E-state index contributed by atoms with van der Waals surface area (Å²) in [5.41, 5.74) is 1.99. The van der Waals surface area contributed by atoms with Crippen molar-refractivity contribution in [3.63, 3.8) is 0 Å². The SMILES string of the molecule is O=C(Nc1cccc2cccnc12)c1cc(=O)c(OCc2ccccc2)c[nH]1. The van der Waals surface area contributed by atoms with Crippen molar-refractivity contribution >= 4 is 22.5 Å². The minimum atomic E-state index is -0.426. The van der Waals surface area contributed by atoms with Gasteiger partial charge in [0, 0.05) is 23.8 Å². The minimum Gasteiger partial charge on any atom is -0.483 e. The second kappa shape index (κ2) is 7.75. The average molecular weight is 371 g/mol. The smallest absolute Gasteiger partial charge is 0.272 e. The third-order valence-corrected chi connectivity index (χ3v) is 4.24. The van der Waals surface area contributed by atoms with Crippen LogP contribution >= 0.6 is 0 Å². The number of para-hydroxylation sites is 1. The number of carbonyl (C=O) groups excluding carboxylic acids is 1. The molecule has 4 rings (SSSR count). The molecule has 1 amide bonds. The van der Waals surface area contributed by atoms with Crippen LogP contribution in [0.1, 0.15) is 16.1 Å². The Morgan fingerprint density at radius 1 is 1.04 bits per heavy atom. The van der Waals surface area contributed by atoms with E-state index in [0.29, 0.717) is 11.2 Å². The zero-order chi connectivity index (χ0) is 19.3. The lowest BCUT2D eigenvalue weighted by Gasteiger charge is -2.09. The highest BCUT2D eigenvalue weighted by Gasteiger charge is 2.12. The van der Waals surface area contributed by atoms with Gasteiger partial charge in [-0.15, -0.1) is 0 Å². The molecule has 28 heavy (non-hydrogen) atoms. The highest BCUT2D eigenvalue weighted by atomic mass is 16.5. The largest absolute Gasteiger partial charge is 0.483 e. The van der Waals surface area contributed by atoms with Crippen molar-refractivity contribution in [2.45, 2.75) is 6.61 Å². The number of nitrogens with zero attached hydrogens (tertiary/aromatic N) is 1. The van der Waals surface area contributed by atoms with E-state index >= 15 is 0 Å². The molecule has 4 aromatic rings. The minimum absolute atomic E-state index is 0.144. The molecule has 0 bridgehead atoms. The number of nitrogens with one attached hydrogen (secondary N) is 2. The summed E-state index contributed by atoms with van der Waals surface area (Å²) in [7, 11) is 0. The number of aromatic nitrogens is 2. The van der Waals surface area contributed by atoms with Crippen molar-refractivity contribution in [1.82, 2.24) is 9.97 Å². The summed E-state index contributed by atoms with van der Waals surface area (Å²) >= 11 is 0. The molecule has 0 aliphatic heterocycles. The van der Waals surface area contributed by atoms with Crippen molar-refractivity contribution in [1.29, 1.82) is 0 Å². The molecule has 6 nitrogen and oxygen atoms in total. The van der Waals surface area contributed by atoms with Crippen LogP contribution in [0.3, 0.4) is 0 Å². The number of fused-ring (bicyclic) bond motifs is 1. The molecule has 0 aliphatic carbocycles. The Morgan fingerprint density at radius 3 is 2.68 bits per heavy atom. The first-order valence-electron chi connectivity index (χ1n) is 8.75. The number of pyridine rings is 2. The van der Waals surface area contributed by atoms with Crippen LogP contribution in [0, 0.1) is 0 Å². The summed E-state index contributed by atoms with van der Waals surface area (Å²) in [4.78, 5) is 32.0. The van der Waals surface area contributed by atoms with E-state index in [9.17, 15) is 9.59 Å². The molecule has 0 fully saturated rings. The second-order valence-corrected chi connectivity index (χ2v) is 6.18. The van der Waals surface area contributed by atoms with Crippen LogP contribution < -0.4 is 15.5 Å². The van der Waals surface area contributed by atoms with Gasteiger partial charge in [0.2, 0.25) is 5.43 Å². The molecule has 0 unspecified atom stereocenters. The highest BCUT2D eigenvalue weighted by molar-refractivity contribution is 6.07. The van der Waals surface area contributed by atoms with Crippen LogP contribution in [0.5, 0.6) is 5.75 Å². The third kappa shape index (κ3) is 3.76. The number of benzene rings is 2. The predicted octanol–water partition coefficient (Wildman–Crippen LogP) is 3.75. The Bertz CT molecular complexity index is 1180. The summed E-state index contributed by atoms with van der Waals surface area (Å²) in [5, 5.41) is 3.71. The lowest BCUT2D eigenvalue weighted by molar-refractivity contribution is 0.102. The maximum absolute atomic E-state index is 12.6. The quantitative estimate of drug-likeness (QED) is 0.560. The van der Waals surface area contributed by atoms with Crippen LogP contribution in [0.25, 0.3) is 10.9 Å². The van der Waals surface area contributed by atoms with Crippen LogP contribution in [0.4, 0.5) is 5.69 Å². The van der Waals surface area contributed by atoms with Gasteiger partial charge < -0.3 is 15.0 Å². The Kier molecular flexibility index (Phi) is 4.84. The maximum Gasteiger partial charge on any atom is 0.272 e. The van der Waals surface area contributed by atoms with E-state index in [1.807, 2.05) is 54.6 Å². The standard InChI is InChI=1S/C22H17N3O3/c26-19-12-18(24-13-20(19)28-14-15-6-2-1-3-7-15)22(27)25-17-10-4-8-16-9-5-11-23-21(16)17/h1-13H,14H2,(H,24,26)(H,25,27). The van der Waals surface area contributed by atoms with E-state index in [1.54, 1.807) is 12.3 Å². The Balaban J connectivity index is 1.50. The van der Waals surface area contributed by atoms with Gasteiger partial charge in [-0.1, -0.05) is 48.5 Å². The second-order valence-electron chi connectivity index (χ2n) is 6.18. The van der Waals surface area contributed by atoms with E-state index in [4.69, 9.17) is 4.74 Å².